The van der Waals surface area contributed by atoms with Gasteiger partial charge in [0.25, 0.3) is 10.0 Å². The van der Waals surface area contributed by atoms with Crippen molar-refractivity contribution in [1.82, 2.24) is 5.32 Å². The highest BCUT2D eigenvalue weighted by atomic mass is 32.2. The first-order valence-electron chi connectivity index (χ1n) is 9.85. The zero-order chi connectivity index (χ0) is 22.7. The van der Waals surface area contributed by atoms with E-state index in [4.69, 9.17) is 4.42 Å². The van der Waals surface area contributed by atoms with Gasteiger partial charge in [-0.25, -0.2) is 8.42 Å². The minimum Gasteiger partial charge on any atom is -0.472 e. The molecule has 1 aliphatic heterocycles. The van der Waals surface area contributed by atoms with Gasteiger partial charge in [-0.15, -0.1) is 11.3 Å². The van der Waals surface area contributed by atoms with Crippen LogP contribution in [0.3, 0.4) is 0 Å². The van der Waals surface area contributed by atoms with E-state index in [0.717, 1.165) is 16.9 Å². The van der Waals surface area contributed by atoms with Crippen molar-refractivity contribution in [2.75, 3.05) is 22.7 Å². The second kappa shape index (κ2) is 9.15. The van der Waals surface area contributed by atoms with Gasteiger partial charge in [-0.1, -0.05) is 12.1 Å². The predicted octanol–water partition coefficient (Wildman–Crippen LogP) is 2.27. The molecule has 1 aliphatic rings. The Morgan fingerprint density at radius 3 is 2.78 bits per heavy atom. The molecule has 0 unspecified atom stereocenters. The summed E-state index contributed by atoms with van der Waals surface area (Å²) in [7, 11) is -3.71. The summed E-state index contributed by atoms with van der Waals surface area (Å²) >= 11 is 1.15. The number of aryl methyl sites for hydroxylation is 1. The van der Waals surface area contributed by atoms with Crippen LogP contribution in [0.15, 0.2) is 62.9 Å². The molecule has 1 atom stereocenters. The number of aliphatic hydroxyl groups is 1. The number of amides is 2. The Hall–Kier alpha value is -3.15. The molecular formula is C21H21N3O6S2. The third-order valence-corrected chi connectivity index (χ3v) is 8.24. The molecule has 0 spiro atoms. The second-order valence-electron chi connectivity index (χ2n) is 7.19. The zero-order valence-corrected chi connectivity index (χ0v) is 18.5. The smallest absolute Gasteiger partial charge is 0.313 e. The lowest BCUT2D eigenvalue weighted by Crippen LogP contribution is -2.38. The molecule has 32 heavy (non-hydrogen) atoms. The molecule has 9 nitrogen and oxygen atoms in total. The van der Waals surface area contributed by atoms with E-state index >= 15 is 0 Å². The van der Waals surface area contributed by atoms with E-state index < -0.39 is 27.9 Å². The van der Waals surface area contributed by atoms with Gasteiger partial charge < -0.3 is 20.2 Å². The molecule has 2 amide bonds. The maximum absolute atomic E-state index is 13.1. The number of anilines is 2. The maximum atomic E-state index is 13.1. The van der Waals surface area contributed by atoms with Crippen LogP contribution in [0.4, 0.5) is 11.4 Å². The SMILES string of the molecule is O=C(NC[C@@H](O)c1ccoc1)C(=O)Nc1ccc2c(c1)N(S(=O)(=O)c1cccs1)CCC2. The van der Waals surface area contributed by atoms with Crippen LogP contribution in [0.5, 0.6) is 0 Å². The van der Waals surface area contributed by atoms with E-state index in [1.807, 2.05) is 0 Å². The van der Waals surface area contributed by atoms with Crippen LogP contribution in [0.2, 0.25) is 0 Å². The van der Waals surface area contributed by atoms with Crippen molar-refractivity contribution in [3.05, 3.63) is 65.4 Å². The summed E-state index contributed by atoms with van der Waals surface area (Å²) < 4.78 is 32.6. The van der Waals surface area contributed by atoms with Crippen LogP contribution in [0, 0.1) is 0 Å². The van der Waals surface area contributed by atoms with Gasteiger partial charge in [-0.2, -0.15) is 0 Å². The van der Waals surface area contributed by atoms with Crippen molar-refractivity contribution in [3.8, 4) is 0 Å². The fraction of sp³-hybridized carbons (Fsp3) is 0.238. The second-order valence-corrected chi connectivity index (χ2v) is 10.2. The molecular weight excluding hydrogens is 454 g/mol. The molecule has 1 aromatic carbocycles. The largest absolute Gasteiger partial charge is 0.472 e. The summed E-state index contributed by atoms with van der Waals surface area (Å²) in [6.07, 6.45) is 3.13. The fourth-order valence-electron chi connectivity index (χ4n) is 3.43. The summed E-state index contributed by atoms with van der Waals surface area (Å²) in [5.41, 5.74) is 2.11. The standard InChI is InChI=1S/C21H21N3O6S2/c25-18(15-7-9-30-13-15)12-22-20(26)21(27)23-16-6-5-14-3-1-8-24(17(14)11-16)32(28,29)19-4-2-10-31-19/h2,4-7,9-11,13,18,25H,1,3,8,12H2,(H,22,26)(H,23,27)/t18-/m1/s1. The molecule has 2 aromatic heterocycles. The van der Waals surface area contributed by atoms with Gasteiger partial charge in [0.15, 0.2) is 0 Å². The van der Waals surface area contributed by atoms with Crippen LogP contribution in [0.1, 0.15) is 23.7 Å². The Morgan fingerprint density at radius 1 is 1.22 bits per heavy atom. The number of thiophene rings is 1. The van der Waals surface area contributed by atoms with E-state index in [9.17, 15) is 23.1 Å². The Bertz CT molecular complexity index is 1210. The van der Waals surface area contributed by atoms with Gasteiger partial charge in [0.2, 0.25) is 0 Å². The highest BCUT2D eigenvalue weighted by Gasteiger charge is 2.30. The quantitative estimate of drug-likeness (QED) is 0.469. The molecule has 3 N–H and O–H groups in total. The lowest BCUT2D eigenvalue weighted by atomic mass is 10.0. The van der Waals surface area contributed by atoms with E-state index in [0.29, 0.717) is 36.3 Å². The van der Waals surface area contributed by atoms with Crippen molar-refractivity contribution >= 4 is 44.5 Å². The number of nitrogens with one attached hydrogen (secondary N) is 2. The Morgan fingerprint density at radius 2 is 2.06 bits per heavy atom. The molecule has 3 heterocycles. The predicted molar refractivity (Wildman–Crippen MR) is 119 cm³/mol. The number of benzene rings is 1. The molecule has 3 aromatic rings. The van der Waals surface area contributed by atoms with E-state index in [1.165, 1.54) is 16.8 Å². The molecule has 11 heteroatoms. The van der Waals surface area contributed by atoms with E-state index in [1.54, 1.807) is 41.8 Å². The summed E-state index contributed by atoms with van der Waals surface area (Å²) in [6, 6.07) is 9.74. The van der Waals surface area contributed by atoms with Crippen molar-refractivity contribution in [1.29, 1.82) is 0 Å². The van der Waals surface area contributed by atoms with Crippen LogP contribution >= 0.6 is 11.3 Å². The molecule has 0 saturated heterocycles. The summed E-state index contributed by atoms with van der Waals surface area (Å²) in [4.78, 5) is 24.4. The number of furan rings is 1. The summed E-state index contributed by atoms with van der Waals surface area (Å²) in [6.45, 7) is 0.166. The average Bonchev–Trinajstić information content (AvgIpc) is 3.51. The Kier molecular flexibility index (Phi) is 6.31. The van der Waals surface area contributed by atoms with Gasteiger partial charge in [0.1, 0.15) is 4.21 Å². The highest BCUT2D eigenvalue weighted by molar-refractivity contribution is 7.94. The highest BCUT2D eigenvalue weighted by Crippen LogP contribution is 2.35. The van der Waals surface area contributed by atoms with Crippen molar-refractivity contribution in [2.24, 2.45) is 0 Å². The number of hydrogen-bond donors (Lipinski definition) is 3. The summed E-state index contributed by atoms with van der Waals surface area (Å²) in [5.74, 6) is -1.85. The topological polar surface area (TPSA) is 129 Å². The number of carbonyl (C=O) groups excluding carboxylic acids is 2. The van der Waals surface area contributed by atoms with Gasteiger partial charge in [-0.05, 0) is 48.1 Å². The lowest BCUT2D eigenvalue weighted by Gasteiger charge is -2.30. The van der Waals surface area contributed by atoms with Gasteiger partial charge in [0, 0.05) is 24.3 Å². The maximum Gasteiger partial charge on any atom is 0.313 e. The zero-order valence-electron chi connectivity index (χ0n) is 16.9. The van der Waals surface area contributed by atoms with Gasteiger partial charge in [-0.3, -0.25) is 13.9 Å². The van der Waals surface area contributed by atoms with Crippen LogP contribution in [-0.4, -0.2) is 38.4 Å². The number of fused-ring (bicyclic) bond motifs is 1. The average molecular weight is 476 g/mol. The van der Waals surface area contributed by atoms with Crippen LogP contribution in [-0.2, 0) is 26.0 Å². The van der Waals surface area contributed by atoms with Crippen molar-refractivity contribution < 1.29 is 27.5 Å². The molecule has 4 rings (SSSR count). The van der Waals surface area contributed by atoms with Gasteiger partial charge in [0.05, 0.1) is 24.3 Å². The number of nitrogens with zero attached hydrogens (tertiary/aromatic N) is 1. The monoisotopic (exact) mass is 475 g/mol. The number of hydrogen-bond acceptors (Lipinski definition) is 7. The first-order valence-corrected chi connectivity index (χ1v) is 12.2. The van der Waals surface area contributed by atoms with Crippen molar-refractivity contribution in [3.63, 3.8) is 0 Å². The fourth-order valence-corrected chi connectivity index (χ4v) is 6.06. The minimum atomic E-state index is -3.71. The third-order valence-electron chi connectivity index (χ3n) is 5.05. The Balaban J connectivity index is 1.46. The van der Waals surface area contributed by atoms with Crippen molar-refractivity contribution in [2.45, 2.75) is 23.2 Å². The van der Waals surface area contributed by atoms with E-state index in [2.05, 4.69) is 10.6 Å². The molecule has 0 aliphatic carbocycles. The van der Waals surface area contributed by atoms with E-state index in [-0.39, 0.29) is 10.8 Å². The molecule has 0 saturated carbocycles. The normalized spacial score (nSPS) is 14.5. The molecule has 168 valence electrons. The lowest BCUT2D eigenvalue weighted by molar-refractivity contribution is -0.136. The number of aliphatic hydroxyl groups excluding tert-OH is 1. The number of carbonyl (C=O) groups is 2. The van der Waals surface area contributed by atoms with Crippen LogP contribution < -0.4 is 14.9 Å². The van der Waals surface area contributed by atoms with Gasteiger partial charge >= 0.3 is 11.8 Å². The first kappa shape index (κ1) is 22.1. The molecule has 0 radical (unpaired) electrons. The number of rotatable bonds is 6. The Labute approximate surface area is 188 Å². The van der Waals surface area contributed by atoms with Crippen LogP contribution in [0.25, 0.3) is 0 Å². The first-order chi connectivity index (χ1) is 15.4. The summed E-state index contributed by atoms with van der Waals surface area (Å²) in [5, 5.41) is 16.5. The minimum absolute atomic E-state index is 0.164. The molecule has 0 bridgehead atoms. The number of sulfonamides is 1. The molecule has 0 fully saturated rings. The third kappa shape index (κ3) is 4.54.